The molecule has 1 saturated heterocycles. The van der Waals surface area contributed by atoms with E-state index in [0.29, 0.717) is 24.1 Å². The third-order valence-corrected chi connectivity index (χ3v) is 7.12. The van der Waals surface area contributed by atoms with Crippen molar-refractivity contribution in [1.82, 2.24) is 4.90 Å². The van der Waals surface area contributed by atoms with Crippen LogP contribution in [0.25, 0.3) is 0 Å². The Morgan fingerprint density at radius 1 is 1.14 bits per heavy atom. The van der Waals surface area contributed by atoms with E-state index in [-0.39, 0.29) is 18.3 Å². The minimum atomic E-state index is 0. The maximum absolute atomic E-state index is 12.7. The number of hydrogen-bond donors (Lipinski definition) is 0. The molecule has 2 aliphatic heterocycles. The maximum Gasteiger partial charge on any atom is 0.231 e. The number of carbonyl (C=O) groups is 1. The highest BCUT2D eigenvalue weighted by molar-refractivity contribution is 6.02. The summed E-state index contributed by atoms with van der Waals surface area (Å²) < 4.78 is 5.84. The van der Waals surface area contributed by atoms with Crippen molar-refractivity contribution in [3.8, 4) is 0 Å². The van der Waals surface area contributed by atoms with Crippen molar-refractivity contribution in [2.45, 2.75) is 83.4 Å². The van der Waals surface area contributed by atoms with Crippen LogP contribution >= 0.6 is 12.4 Å². The normalized spacial score (nSPS) is 28.9. The summed E-state index contributed by atoms with van der Waals surface area (Å²) in [6, 6.07) is 6.82. The standard InChI is InChI=1S/C23H34N2O2.ClH/c1-4-27-20-7-11-23(3,12-8-20)24-13-9-19(10-14-24)25-21-15-17(2)5-6-18(21)16-22(25)26;/h5-6,15,19-20H,4,7-14,16H2,1-3H3;1H. The number of ether oxygens (including phenoxy) is 1. The topological polar surface area (TPSA) is 32.8 Å². The highest BCUT2D eigenvalue weighted by atomic mass is 35.5. The first-order valence-electron chi connectivity index (χ1n) is 10.8. The summed E-state index contributed by atoms with van der Waals surface area (Å²) in [5.41, 5.74) is 3.92. The van der Waals surface area contributed by atoms with Crippen LogP contribution in [0.5, 0.6) is 0 Å². The second kappa shape index (κ2) is 8.73. The minimum Gasteiger partial charge on any atom is -0.379 e. The SMILES string of the molecule is CCOC1CCC(C)(N2CCC(N3C(=O)Cc4ccc(C)cc43)CC2)CC1.Cl. The molecular formula is C23H35ClN2O2. The maximum atomic E-state index is 12.7. The number of amides is 1. The second-order valence-corrected chi connectivity index (χ2v) is 8.94. The van der Waals surface area contributed by atoms with Crippen molar-refractivity contribution in [1.29, 1.82) is 0 Å². The van der Waals surface area contributed by atoms with Gasteiger partial charge in [-0.25, -0.2) is 0 Å². The molecule has 0 atom stereocenters. The summed E-state index contributed by atoms with van der Waals surface area (Å²) in [7, 11) is 0. The molecule has 2 fully saturated rings. The van der Waals surface area contributed by atoms with E-state index in [0.717, 1.165) is 32.5 Å². The van der Waals surface area contributed by atoms with E-state index in [2.05, 4.69) is 48.8 Å². The number of likely N-dealkylation sites (tertiary alicyclic amines) is 1. The van der Waals surface area contributed by atoms with Gasteiger partial charge in [-0.3, -0.25) is 9.69 Å². The van der Waals surface area contributed by atoms with E-state index in [4.69, 9.17) is 4.74 Å². The average Bonchev–Trinajstić information content (AvgIpc) is 2.99. The molecular weight excluding hydrogens is 372 g/mol. The van der Waals surface area contributed by atoms with Crippen molar-refractivity contribution in [3.63, 3.8) is 0 Å². The summed E-state index contributed by atoms with van der Waals surface area (Å²) in [5, 5.41) is 0. The quantitative estimate of drug-likeness (QED) is 0.737. The summed E-state index contributed by atoms with van der Waals surface area (Å²) >= 11 is 0. The van der Waals surface area contributed by atoms with E-state index in [1.165, 1.54) is 42.5 Å². The fourth-order valence-corrected chi connectivity index (χ4v) is 5.43. The first-order chi connectivity index (χ1) is 13.0. The van der Waals surface area contributed by atoms with Gasteiger partial charge in [0.15, 0.2) is 0 Å². The van der Waals surface area contributed by atoms with Crippen LogP contribution in [0.1, 0.15) is 63.5 Å². The summed E-state index contributed by atoms with van der Waals surface area (Å²) in [5.74, 6) is 0.289. The average molecular weight is 407 g/mol. The Hall–Kier alpha value is -1.10. The van der Waals surface area contributed by atoms with Crippen LogP contribution in [-0.2, 0) is 16.0 Å². The predicted molar refractivity (Wildman–Crippen MR) is 116 cm³/mol. The number of carbonyl (C=O) groups excluding carboxylic acids is 1. The van der Waals surface area contributed by atoms with Gasteiger partial charge in [-0.1, -0.05) is 12.1 Å². The molecule has 0 aromatic heterocycles. The van der Waals surface area contributed by atoms with Crippen LogP contribution in [0.2, 0.25) is 0 Å². The summed E-state index contributed by atoms with van der Waals surface area (Å²) in [4.78, 5) is 17.5. The molecule has 1 amide bonds. The van der Waals surface area contributed by atoms with Gasteiger partial charge in [0.1, 0.15) is 0 Å². The molecule has 0 bridgehead atoms. The first kappa shape index (κ1) is 21.6. The summed E-state index contributed by atoms with van der Waals surface area (Å²) in [6.45, 7) is 9.69. The van der Waals surface area contributed by atoms with Crippen LogP contribution in [-0.4, -0.2) is 48.2 Å². The third kappa shape index (κ3) is 4.10. The molecule has 5 heteroatoms. The fourth-order valence-electron chi connectivity index (χ4n) is 5.43. The van der Waals surface area contributed by atoms with Crippen LogP contribution in [0.15, 0.2) is 18.2 Å². The molecule has 1 saturated carbocycles. The molecule has 0 spiro atoms. The van der Waals surface area contributed by atoms with E-state index >= 15 is 0 Å². The number of fused-ring (bicyclic) bond motifs is 1. The molecule has 4 nitrogen and oxygen atoms in total. The number of hydrogen-bond acceptors (Lipinski definition) is 3. The largest absolute Gasteiger partial charge is 0.379 e. The Morgan fingerprint density at radius 2 is 1.82 bits per heavy atom. The third-order valence-electron chi connectivity index (χ3n) is 7.12. The number of aryl methyl sites for hydroxylation is 1. The first-order valence-corrected chi connectivity index (χ1v) is 10.8. The fraction of sp³-hybridized carbons (Fsp3) is 0.696. The molecule has 4 rings (SSSR count). The highest BCUT2D eigenvalue weighted by Gasteiger charge is 2.41. The van der Waals surface area contributed by atoms with Gasteiger partial charge in [-0.15, -0.1) is 12.4 Å². The lowest BCUT2D eigenvalue weighted by Gasteiger charge is -2.49. The lowest BCUT2D eigenvalue weighted by molar-refractivity contribution is -0.118. The minimum absolute atomic E-state index is 0. The Balaban J connectivity index is 0.00000225. The van der Waals surface area contributed by atoms with Gasteiger partial charge in [0, 0.05) is 37.0 Å². The smallest absolute Gasteiger partial charge is 0.231 e. The molecule has 2 heterocycles. The highest BCUT2D eigenvalue weighted by Crippen LogP contribution is 2.39. The number of nitrogens with zero attached hydrogens (tertiary/aromatic N) is 2. The lowest BCUT2D eigenvalue weighted by Crippen LogP contribution is -2.55. The van der Waals surface area contributed by atoms with E-state index in [1.54, 1.807) is 0 Å². The van der Waals surface area contributed by atoms with E-state index < -0.39 is 0 Å². The molecule has 1 aromatic rings. The van der Waals surface area contributed by atoms with Crippen LogP contribution in [0, 0.1) is 6.92 Å². The van der Waals surface area contributed by atoms with Gasteiger partial charge in [0.05, 0.1) is 12.5 Å². The second-order valence-electron chi connectivity index (χ2n) is 8.94. The van der Waals surface area contributed by atoms with Gasteiger partial charge in [0.25, 0.3) is 0 Å². The van der Waals surface area contributed by atoms with Crippen LogP contribution < -0.4 is 4.90 Å². The molecule has 28 heavy (non-hydrogen) atoms. The Labute approximate surface area is 176 Å². The lowest BCUT2D eigenvalue weighted by atomic mass is 9.79. The zero-order chi connectivity index (χ0) is 19.0. The van der Waals surface area contributed by atoms with Gasteiger partial charge >= 0.3 is 0 Å². The molecule has 0 radical (unpaired) electrons. The zero-order valence-corrected chi connectivity index (χ0v) is 18.4. The number of piperidine rings is 1. The van der Waals surface area contributed by atoms with Crippen molar-refractivity contribution >= 4 is 24.0 Å². The molecule has 156 valence electrons. The number of anilines is 1. The predicted octanol–water partition coefficient (Wildman–Crippen LogP) is 4.51. The number of halogens is 1. The number of benzene rings is 1. The Bertz CT molecular complexity index is 692. The van der Waals surface area contributed by atoms with Crippen LogP contribution in [0.4, 0.5) is 5.69 Å². The van der Waals surface area contributed by atoms with Crippen molar-refractivity contribution in [2.75, 3.05) is 24.6 Å². The van der Waals surface area contributed by atoms with Gasteiger partial charge < -0.3 is 9.64 Å². The van der Waals surface area contributed by atoms with Crippen molar-refractivity contribution in [3.05, 3.63) is 29.3 Å². The Morgan fingerprint density at radius 3 is 2.46 bits per heavy atom. The van der Waals surface area contributed by atoms with E-state index in [9.17, 15) is 4.79 Å². The molecule has 0 unspecified atom stereocenters. The molecule has 1 aliphatic carbocycles. The molecule has 0 N–H and O–H groups in total. The number of rotatable bonds is 4. The van der Waals surface area contributed by atoms with Gasteiger partial charge in [-0.2, -0.15) is 0 Å². The monoisotopic (exact) mass is 406 g/mol. The van der Waals surface area contributed by atoms with Crippen molar-refractivity contribution < 1.29 is 9.53 Å². The summed E-state index contributed by atoms with van der Waals surface area (Å²) in [6.07, 6.45) is 8.03. The van der Waals surface area contributed by atoms with Crippen LogP contribution in [0.3, 0.4) is 0 Å². The van der Waals surface area contributed by atoms with Crippen molar-refractivity contribution in [2.24, 2.45) is 0 Å². The molecule has 3 aliphatic rings. The van der Waals surface area contributed by atoms with Gasteiger partial charge in [0.2, 0.25) is 5.91 Å². The zero-order valence-electron chi connectivity index (χ0n) is 17.6. The van der Waals surface area contributed by atoms with E-state index in [1.807, 2.05) is 0 Å². The Kier molecular flexibility index (Phi) is 6.73. The molecule has 1 aromatic carbocycles. The van der Waals surface area contributed by atoms with Gasteiger partial charge in [-0.05, 0) is 76.5 Å².